The third-order valence-corrected chi connectivity index (χ3v) is 4.73. The number of carbonyl (C=O) groups excluding carboxylic acids is 2. The number of nitrogens with zero attached hydrogens (tertiary/aromatic N) is 1. The van der Waals surface area contributed by atoms with Crippen LogP contribution in [0.1, 0.15) is 49.4 Å². The summed E-state index contributed by atoms with van der Waals surface area (Å²) >= 11 is 11.9. The summed E-state index contributed by atoms with van der Waals surface area (Å²) in [5, 5.41) is 12.4. The molecule has 0 heterocycles. The Hall–Kier alpha value is -1.77. The first-order valence-corrected chi connectivity index (χ1v) is 8.52. The lowest BCUT2D eigenvalue weighted by Crippen LogP contribution is -2.52. The maximum absolute atomic E-state index is 12.3. The monoisotopic (exact) mass is 368 g/mol. The fourth-order valence-corrected chi connectivity index (χ4v) is 3.28. The Balaban J connectivity index is 2.03. The summed E-state index contributed by atoms with van der Waals surface area (Å²) in [6.07, 6.45) is 2.97. The van der Waals surface area contributed by atoms with Gasteiger partial charge in [-0.2, -0.15) is 5.26 Å². The number of esters is 1. The Morgan fingerprint density at radius 3 is 2.38 bits per heavy atom. The average Bonchev–Trinajstić information content (AvgIpc) is 2.55. The van der Waals surface area contributed by atoms with Gasteiger partial charge < -0.3 is 10.1 Å². The zero-order chi connectivity index (χ0) is 17.7. The molecular weight excluding hydrogens is 351 g/mol. The van der Waals surface area contributed by atoms with Crippen molar-refractivity contribution in [3.63, 3.8) is 0 Å². The van der Waals surface area contributed by atoms with Gasteiger partial charge in [-0.3, -0.25) is 4.79 Å². The Bertz CT molecular complexity index is 659. The number of hydrogen-bond donors (Lipinski definition) is 1. The smallest absolute Gasteiger partial charge is 0.341 e. The summed E-state index contributed by atoms with van der Waals surface area (Å²) in [6, 6.07) is 6.83. The quantitative estimate of drug-likeness (QED) is 0.817. The maximum atomic E-state index is 12.3. The van der Waals surface area contributed by atoms with Crippen molar-refractivity contribution in [3.05, 3.63) is 33.8 Å². The van der Waals surface area contributed by atoms with Gasteiger partial charge in [-0.05, 0) is 31.9 Å². The molecule has 24 heavy (non-hydrogen) atoms. The first kappa shape index (κ1) is 18.6. The lowest BCUT2D eigenvalue weighted by molar-refractivity contribution is -0.130. The van der Waals surface area contributed by atoms with Crippen LogP contribution in [0.4, 0.5) is 0 Å². The van der Waals surface area contributed by atoms with Crippen LogP contribution < -0.4 is 5.32 Å². The van der Waals surface area contributed by atoms with Gasteiger partial charge in [0.25, 0.3) is 5.91 Å². The molecule has 7 heteroatoms. The van der Waals surface area contributed by atoms with E-state index in [2.05, 4.69) is 11.4 Å². The normalized spacial score (nSPS) is 17.4. The molecule has 0 saturated heterocycles. The van der Waals surface area contributed by atoms with Crippen molar-refractivity contribution in [3.8, 4) is 6.07 Å². The Labute approximate surface area is 150 Å². The second-order valence-corrected chi connectivity index (χ2v) is 6.70. The molecule has 5 nitrogen and oxygen atoms in total. The average molecular weight is 369 g/mol. The van der Waals surface area contributed by atoms with Crippen molar-refractivity contribution in [1.29, 1.82) is 5.26 Å². The van der Waals surface area contributed by atoms with Gasteiger partial charge in [-0.1, -0.05) is 48.5 Å². The number of carbonyl (C=O) groups is 2. The Kier molecular flexibility index (Phi) is 6.09. The van der Waals surface area contributed by atoms with Gasteiger partial charge in [0, 0.05) is 0 Å². The number of hydrogen-bond acceptors (Lipinski definition) is 4. The molecule has 1 saturated carbocycles. The predicted molar refractivity (Wildman–Crippen MR) is 90.9 cm³/mol. The van der Waals surface area contributed by atoms with E-state index in [1.807, 2.05) is 0 Å². The number of benzene rings is 1. The molecule has 1 aliphatic rings. The van der Waals surface area contributed by atoms with Crippen LogP contribution >= 0.6 is 23.2 Å². The van der Waals surface area contributed by atoms with Crippen LogP contribution in [0.15, 0.2) is 18.2 Å². The zero-order valence-corrected chi connectivity index (χ0v) is 14.8. The molecule has 1 amide bonds. The van der Waals surface area contributed by atoms with Crippen molar-refractivity contribution in [2.75, 3.05) is 0 Å². The molecule has 0 bridgehead atoms. The maximum Gasteiger partial charge on any atom is 0.341 e. The van der Waals surface area contributed by atoms with Gasteiger partial charge in [-0.15, -0.1) is 0 Å². The highest BCUT2D eigenvalue weighted by Crippen LogP contribution is 2.28. The third-order valence-electron chi connectivity index (χ3n) is 4.10. The number of nitriles is 1. The number of rotatable bonds is 4. The minimum Gasteiger partial charge on any atom is -0.449 e. The zero-order valence-electron chi connectivity index (χ0n) is 13.3. The molecule has 0 unspecified atom stereocenters. The molecule has 128 valence electrons. The summed E-state index contributed by atoms with van der Waals surface area (Å²) in [4.78, 5) is 24.5. The van der Waals surface area contributed by atoms with E-state index in [0.29, 0.717) is 12.8 Å². The molecule has 0 aliphatic heterocycles. The van der Waals surface area contributed by atoms with Gasteiger partial charge >= 0.3 is 5.97 Å². The summed E-state index contributed by atoms with van der Waals surface area (Å²) in [6.45, 7) is 1.45. The minimum atomic E-state index is -1.06. The van der Waals surface area contributed by atoms with Gasteiger partial charge in [0.05, 0.1) is 21.7 Å². The molecule has 0 spiro atoms. The van der Waals surface area contributed by atoms with Crippen molar-refractivity contribution >= 4 is 35.1 Å². The van der Waals surface area contributed by atoms with E-state index in [1.54, 1.807) is 6.07 Å². The van der Waals surface area contributed by atoms with E-state index >= 15 is 0 Å². The van der Waals surface area contributed by atoms with Crippen LogP contribution in [0.2, 0.25) is 10.0 Å². The van der Waals surface area contributed by atoms with Crippen LogP contribution in [0.3, 0.4) is 0 Å². The molecule has 1 atom stereocenters. The highest BCUT2D eigenvalue weighted by atomic mass is 35.5. The molecule has 0 radical (unpaired) electrons. The summed E-state index contributed by atoms with van der Waals surface area (Å²) < 4.78 is 5.16. The molecule has 1 fully saturated rings. The van der Waals surface area contributed by atoms with Crippen LogP contribution in [-0.2, 0) is 9.53 Å². The SMILES string of the molecule is C[C@@H](OC(=O)c1c(Cl)cccc1Cl)C(=O)NC1(C#N)CCCCC1. The number of nitrogens with one attached hydrogen (secondary N) is 1. The largest absolute Gasteiger partial charge is 0.449 e. The lowest BCUT2D eigenvalue weighted by Gasteiger charge is -2.32. The minimum absolute atomic E-state index is 0.0214. The Morgan fingerprint density at radius 2 is 1.83 bits per heavy atom. The van der Waals surface area contributed by atoms with Crippen molar-refractivity contribution in [1.82, 2.24) is 5.32 Å². The van der Waals surface area contributed by atoms with Gasteiger partial charge in [-0.25, -0.2) is 4.79 Å². The standard InChI is InChI=1S/C17H18Cl2N2O3/c1-11(15(22)21-17(10-20)8-3-2-4-9-17)24-16(23)14-12(18)6-5-7-13(14)19/h5-7,11H,2-4,8-9H2,1H3,(H,21,22)/t11-/m1/s1. The van der Waals surface area contributed by atoms with E-state index in [-0.39, 0.29) is 15.6 Å². The summed E-state index contributed by atoms with van der Waals surface area (Å²) in [5.74, 6) is -1.28. The Morgan fingerprint density at radius 1 is 1.25 bits per heavy atom. The van der Waals surface area contributed by atoms with Crippen LogP contribution in [0.25, 0.3) is 0 Å². The molecule has 2 rings (SSSR count). The van der Waals surface area contributed by atoms with Crippen molar-refractivity contribution in [2.24, 2.45) is 0 Å². The molecule has 1 N–H and O–H groups in total. The first-order chi connectivity index (χ1) is 11.4. The van der Waals surface area contributed by atoms with Gasteiger partial charge in [0.1, 0.15) is 5.54 Å². The van der Waals surface area contributed by atoms with E-state index in [4.69, 9.17) is 27.9 Å². The second kappa shape index (κ2) is 7.87. The highest BCUT2D eigenvalue weighted by Gasteiger charge is 2.35. The topological polar surface area (TPSA) is 79.2 Å². The number of ether oxygens (including phenoxy) is 1. The van der Waals surface area contributed by atoms with E-state index in [0.717, 1.165) is 19.3 Å². The predicted octanol–water partition coefficient (Wildman–Crippen LogP) is 3.88. The van der Waals surface area contributed by atoms with Crippen LogP contribution in [0.5, 0.6) is 0 Å². The van der Waals surface area contributed by atoms with Crippen molar-refractivity contribution < 1.29 is 14.3 Å². The van der Waals surface area contributed by atoms with Crippen LogP contribution in [-0.4, -0.2) is 23.5 Å². The van der Waals surface area contributed by atoms with E-state index in [1.165, 1.54) is 19.1 Å². The fourth-order valence-electron chi connectivity index (χ4n) is 2.72. The van der Waals surface area contributed by atoms with E-state index in [9.17, 15) is 14.9 Å². The molecule has 1 aliphatic carbocycles. The highest BCUT2D eigenvalue weighted by molar-refractivity contribution is 6.39. The fraction of sp³-hybridized carbons (Fsp3) is 0.471. The van der Waals surface area contributed by atoms with E-state index < -0.39 is 23.5 Å². The van der Waals surface area contributed by atoms with Crippen LogP contribution in [0, 0.1) is 11.3 Å². The summed E-state index contributed by atoms with van der Waals surface area (Å²) in [5.41, 5.74) is -0.856. The molecule has 1 aromatic rings. The number of halogens is 2. The van der Waals surface area contributed by atoms with Gasteiger partial charge in [0.2, 0.25) is 0 Å². The van der Waals surface area contributed by atoms with Gasteiger partial charge in [0.15, 0.2) is 6.10 Å². The summed E-state index contributed by atoms with van der Waals surface area (Å²) in [7, 11) is 0. The van der Waals surface area contributed by atoms with Crippen molar-refractivity contribution in [2.45, 2.75) is 50.7 Å². The third kappa shape index (κ3) is 4.19. The molecule has 1 aromatic carbocycles. The molecular formula is C17H18Cl2N2O3. The number of amides is 1. The second-order valence-electron chi connectivity index (χ2n) is 5.89. The lowest BCUT2D eigenvalue weighted by atomic mass is 9.83. The first-order valence-electron chi connectivity index (χ1n) is 7.77. The molecule has 0 aromatic heterocycles.